The molecule has 0 saturated heterocycles. The van der Waals surface area contributed by atoms with Crippen LogP contribution in [0.1, 0.15) is 5.69 Å². The first-order chi connectivity index (χ1) is 10.1. The number of nitrogens with two attached hydrogens (primary N) is 1. The number of aryl methyl sites for hydroxylation is 2. The van der Waals surface area contributed by atoms with E-state index in [0.717, 1.165) is 11.3 Å². The van der Waals surface area contributed by atoms with Crippen molar-refractivity contribution in [1.82, 2.24) is 14.8 Å². The molecule has 3 rings (SSSR count). The fraction of sp³-hybridized carbons (Fsp3) is 0.125. The highest BCUT2D eigenvalue weighted by Gasteiger charge is 2.19. The molecule has 0 radical (unpaired) electrons. The Hall–Kier alpha value is -2.69. The lowest BCUT2D eigenvalue weighted by atomic mass is 10.0. The van der Waals surface area contributed by atoms with Crippen LogP contribution in [-0.4, -0.2) is 14.8 Å². The van der Waals surface area contributed by atoms with Crippen LogP contribution >= 0.6 is 0 Å². The molecule has 106 valence electrons. The number of hydrogen-bond acceptors (Lipinski definition) is 3. The molecule has 2 N–H and O–H groups in total. The number of rotatable bonds is 2. The van der Waals surface area contributed by atoms with Gasteiger partial charge < -0.3 is 5.73 Å². The zero-order chi connectivity index (χ0) is 15.0. The minimum Gasteiger partial charge on any atom is -0.383 e. The zero-order valence-electron chi connectivity index (χ0n) is 11.8. The van der Waals surface area contributed by atoms with Gasteiger partial charge in [0.15, 0.2) is 0 Å². The molecule has 0 spiro atoms. The van der Waals surface area contributed by atoms with Gasteiger partial charge in [-0.25, -0.2) is 4.39 Å². The fourth-order valence-corrected chi connectivity index (χ4v) is 2.36. The zero-order valence-corrected chi connectivity index (χ0v) is 11.8. The SMILES string of the molecule is Cc1cc(-c2nn(C)c(N)c2-c2ccccc2F)ccn1. The topological polar surface area (TPSA) is 56.7 Å². The summed E-state index contributed by atoms with van der Waals surface area (Å²) in [6.07, 6.45) is 1.71. The Morgan fingerprint density at radius 2 is 1.95 bits per heavy atom. The van der Waals surface area contributed by atoms with Gasteiger partial charge in [0.05, 0.1) is 5.56 Å². The number of nitrogen functional groups attached to an aromatic ring is 1. The van der Waals surface area contributed by atoms with E-state index >= 15 is 0 Å². The van der Waals surface area contributed by atoms with Gasteiger partial charge >= 0.3 is 0 Å². The van der Waals surface area contributed by atoms with Crippen molar-refractivity contribution < 1.29 is 4.39 Å². The minimum absolute atomic E-state index is 0.316. The molecule has 3 aromatic rings. The lowest BCUT2D eigenvalue weighted by molar-refractivity contribution is 0.631. The van der Waals surface area contributed by atoms with Crippen molar-refractivity contribution in [2.75, 3.05) is 5.73 Å². The summed E-state index contributed by atoms with van der Waals surface area (Å²) < 4.78 is 15.7. The number of hydrogen-bond donors (Lipinski definition) is 1. The van der Waals surface area contributed by atoms with Crippen molar-refractivity contribution in [2.45, 2.75) is 6.92 Å². The minimum atomic E-state index is -0.316. The molecule has 2 heterocycles. The smallest absolute Gasteiger partial charge is 0.131 e. The van der Waals surface area contributed by atoms with Gasteiger partial charge in [0.25, 0.3) is 0 Å². The van der Waals surface area contributed by atoms with E-state index in [1.165, 1.54) is 6.07 Å². The maximum atomic E-state index is 14.1. The van der Waals surface area contributed by atoms with Gasteiger partial charge in [-0.1, -0.05) is 18.2 Å². The van der Waals surface area contributed by atoms with Gasteiger partial charge in [-0.2, -0.15) is 5.10 Å². The standard InChI is InChI=1S/C16H15FN4/c1-10-9-11(7-8-19-10)15-14(16(18)21(2)20-15)12-5-3-4-6-13(12)17/h3-9H,18H2,1-2H3. The van der Waals surface area contributed by atoms with Crippen molar-refractivity contribution in [3.63, 3.8) is 0 Å². The third-order valence-electron chi connectivity index (χ3n) is 3.40. The lowest BCUT2D eigenvalue weighted by Crippen LogP contribution is -1.98. The van der Waals surface area contributed by atoms with Crippen LogP contribution in [0.15, 0.2) is 42.6 Å². The van der Waals surface area contributed by atoms with Crippen LogP contribution in [0.25, 0.3) is 22.4 Å². The van der Waals surface area contributed by atoms with Crippen LogP contribution in [0, 0.1) is 12.7 Å². The Balaban J connectivity index is 2.29. The number of aromatic nitrogens is 3. The first-order valence-corrected chi connectivity index (χ1v) is 6.58. The highest BCUT2D eigenvalue weighted by Crippen LogP contribution is 2.36. The van der Waals surface area contributed by atoms with Crippen molar-refractivity contribution in [2.24, 2.45) is 7.05 Å². The molecule has 21 heavy (non-hydrogen) atoms. The fourth-order valence-electron chi connectivity index (χ4n) is 2.36. The highest BCUT2D eigenvalue weighted by atomic mass is 19.1. The second kappa shape index (κ2) is 5.01. The Kier molecular flexibility index (Phi) is 3.17. The molecule has 2 aromatic heterocycles. The van der Waals surface area contributed by atoms with E-state index < -0.39 is 0 Å². The molecule has 5 heteroatoms. The predicted octanol–water partition coefficient (Wildman–Crippen LogP) is 3.18. The van der Waals surface area contributed by atoms with Crippen LogP contribution in [0.2, 0.25) is 0 Å². The molecule has 4 nitrogen and oxygen atoms in total. The summed E-state index contributed by atoms with van der Waals surface area (Å²) in [5.74, 6) is 0.119. The van der Waals surface area contributed by atoms with Crippen molar-refractivity contribution in [3.8, 4) is 22.4 Å². The van der Waals surface area contributed by atoms with Crippen LogP contribution < -0.4 is 5.73 Å². The number of halogens is 1. The summed E-state index contributed by atoms with van der Waals surface area (Å²) in [6.45, 7) is 1.90. The van der Waals surface area contributed by atoms with Gasteiger partial charge in [-0.05, 0) is 25.1 Å². The maximum Gasteiger partial charge on any atom is 0.131 e. The van der Waals surface area contributed by atoms with Gasteiger partial charge in [0.2, 0.25) is 0 Å². The summed E-state index contributed by atoms with van der Waals surface area (Å²) in [4.78, 5) is 4.17. The van der Waals surface area contributed by atoms with Crippen LogP contribution in [-0.2, 0) is 7.05 Å². The van der Waals surface area contributed by atoms with Crippen molar-refractivity contribution in [3.05, 3.63) is 54.1 Å². The summed E-state index contributed by atoms with van der Waals surface area (Å²) >= 11 is 0. The Morgan fingerprint density at radius 1 is 1.19 bits per heavy atom. The normalized spacial score (nSPS) is 10.8. The predicted molar refractivity (Wildman–Crippen MR) is 81.0 cm³/mol. The third kappa shape index (κ3) is 2.27. The molecule has 0 unspecified atom stereocenters. The molecule has 0 aliphatic rings. The quantitative estimate of drug-likeness (QED) is 0.785. The lowest BCUT2D eigenvalue weighted by Gasteiger charge is -2.06. The van der Waals surface area contributed by atoms with E-state index in [2.05, 4.69) is 10.1 Å². The Morgan fingerprint density at radius 3 is 2.67 bits per heavy atom. The van der Waals surface area contributed by atoms with Gasteiger partial charge in [-0.3, -0.25) is 9.67 Å². The number of anilines is 1. The molecule has 0 atom stereocenters. The van der Waals surface area contributed by atoms with Crippen molar-refractivity contribution >= 4 is 5.82 Å². The number of pyridine rings is 1. The van der Waals surface area contributed by atoms with Crippen LogP contribution in [0.4, 0.5) is 10.2 Å². The molecule has 0 fully saturated rings. The molecular weight excluding hydrogens is 267 g/mol. The number of benzene rings is 1. The van der Waals surface area contributed by atoms with E-state index in [1.807, 2.05) is 19.1 Å². The van der Waals surface area contributed by atoms with E-state index in [0.29, 0.717) is 22.6 Å². The molecule has 0 bridgehead atoms. The summed E-state index contributed by atoms with van der Waals surface area (Å²) in [5.41, 5.74) is 9.56. The average molecular weight is 282 g/mol. The third-order valence-corrected chi connectivity index (χ3v) is 3.40. The van der Waals surface area contributed by atoms with Crippen molar-refractivity contribution in [1.29, 1.82) is 0 Å². The summed E-state index contributed by atoms with van der Waals surface area (Å²) in [6, 6.07) is 10.3. The van der Waals surface area contributed by atoms with E-state index in [9.17, 15) is 4.39 Å². The average Bonchev–Trinajstić information content (AvgIpc) is 2.76. The second-order valence-electron chi connectivity index (χ2n) is 4.90. The molecular formula is C16H15FN4. The molecule has 0 saturated carbocycles. The first kappa shape index (κ1) is 13.3. The first-order valence-electron chi connectivity index (χ1n) is 6.58. The number of nitrogens with zero attached hydrogens (tertiary/aromatic N) is 3. The molecule has 0 aliphatic carbocycles. The van der Waals surface area contributed by atoms with E-state index in [-0.39, 0.29) is 5.82 Å². The summed E-state index contributed by atoms with van der Waals surface area (Å²) in [5, 5.41) is 4.44. The second-order valence-corrected chi connectivity index (χ2v) is 4.90. The molecule has 1 aromatic carbocycles. The van der Waals surface area contributed by atoms with Gasteiger partial charge in [-0.15, -0.1) is 0 Å². The Bertz CT molecular complexity index is 808. The maximum absolute atomic E-state index is 14.1. The molecule has 0 aliphatic heterocycles. The highest BCUT2D eigenvalue weighted by molar-refractivity contribution is 5.88. The van der Waals surface area contributed by atoms with Gasteiger partial charge in [0, 0.05) is 30.1 Å². The summed E-state index contributed by atoms with van der Waals surface area (Å²) in [7, 11) is 1.75. The van der Waals surface area contributed by atoms with Crippen LogP contribution in [0.3, 0.4) is 0 Å². The molecule has 0 amide bonds. The monoisotopic (exact) mass is 282 g/mol. The van der Waals surface area contributed by atoms with E-state index in [1.54, 1.807) is 36.1 Å². The Labute approximate surface area is 122 Å². The van der Waals surface area contributed by atoms with Crippen LogP contribution in [0.5, 0.6) is 0 Å². The van der Waals surface area contributed by atoms with E-state index in [4.69, 9.17) is 5.73 Å². The largest absolute Gasteiger partial charge is 0.383 e. The van der Waals surface area contributed by atoms with Gasteiger partial charge in [0.1, 0.15) is 17.3 Å².